The number of hydrogen-bond acceptors (Lipinski definition) is 3. The summed E-state index contributed by atoms with van der Waals surface area (Å²) in [6.45, 7) is 2.02. The van der Waals surface area contributed by atoms with Gasteiger partial charge in [-0.05, 0) is 50.2 Å². The van der Waals surface area contributed by atoms with Crippen LogP contribution in [0.5, 0.6) is 0 Å². The molecule has 1 aromatic heterocycles. The summed E-state index contributed by atoms with van der Waals surface area (Å²) in [4.78, 5) is 0. The maximum absolute atomic E-state index is 6.11. The van der Waals surface area contributed by atoms with E-state index in [1.807, 2.05) is 6.07 Å². The topological polar surface area (TPSA) is 34.4 Å². The molecule has 1 aromatic rings. The fraction of sp³-hybridized carbons (Fsp3) is 0.750. The molecule has 0 amide bonds. The van der Waals surface area contributed by atoms with Crippen LogP contribution in [0, 0.1) is 11.3 Å². The molecule has 3 heteroatoms. The molecule has 104 valence electrons. The highest BCUT2D eigenvalue weighted by Gasteiger charge is 2.51. The van der Waals surface area contributed by atoms with E-state index in [-0.39, 0.29) is 5.41 Å². The number of rotatable bonds is 6. The SMILES string of the molecule is c1coc(CC2(CNC3CC3)CCOC2C2CC2)c1. The number of nitrogens with one attached hydrogen (secondary N) is 1. The summed E-state index contributed by atoms with van der Waals surface area (Å²) in [6, 6.07) is 4.88. The van der Waals surface area contributed by atoms with Gasteiger partial charge in [-0.1, -0.05) is 0 Å². The number of hydrogen-bond donors (Lipinski definition) is 1. The van der Waals surface area contributed by atoms with Gasteiger partial charge in [0.05, 0.1) is 12.4 Å². The first kappa shape index (κ1) is 12.0. The molecule has 4 rings (SSSR count). The Morgan fingerprint density at radius 1 is 1.26 bits per heavy atom. The van der Waals surface area contributed by atoms with Gasteiger partial charge in [0.2, 0.25) is 0 Å². The highest BCUT2D eigenvalue weighted by atomic mass is 16.5. The molecular formula is C16H23NO2. The smallest absolute Gasteiger partial charge is 0.104 e. The van der Waals surface area contributed by atoms with Crippen molar-refractivity contribution in [1.82, 2.24) is 5.32 Å². The molecule has 0 aromatic carbocycles. The van der Waals surface area contributed by atoms with Crippen LogP contribution in [0.1, 0.15) is 37.9 Å². The predicted octanol–water partition coefficient (Wildman–Crippen LogP) is 2.76. The lowest BCUT2D eigenvalue weighted by atomic mass is 9.75. The van der Waals surface area contributed by atoms with Gasteiger partial charge in [0.25, 0.3) is 0 Å². The van der Waals surface area contributed by atoms with E-state index in [9.17, 15) is 0 Å². The quantitative estimate of drug-likeness (QED) is 0.855. The van der Waals surface area contributed by atoms with Crippen molar-refractivity contribution in [3.63, 3.8) is 0 Å². The molecule has 1 aliphatic heterocycles. The molecule has 0 radical (unpaired) electrons. The molecule has 1 saturated heterocycles. The zero-order valence-corrected chi connectivity index (χ0v) is 11.4. The molecule has 2 saturated carbocycles. The van der Waals surface area contributed by atoms with E-state index in [0.29, 0.717) is 6.10 Å². The molecule has 0 spiro atoms. The van der Waals surface area contributed by atoms with Crippen LogP contribution in [0.2, 0.25) is 0 Å². The summed E-state index contributed by atoms with van der Waals surface area (Å²) >= 11 is 0. The van der Waals surface area contributed by atoms with Crippen molar-refractivity contribution < 1.29 is 9.15 Å². The maximum Gasteiger partial charge on any atom is 0.104 e. The second kappa shape index (κ2) is 4.64. The molecule has 2 aliphatic carbocycles. The van der Waals surface area contributed by atoms with E-state index >= 15 is 0 Å². The monoisotopic (exact) mass is 261 g/mol. The van der Waals surface area contributed by atoms with Crippen molar-refractivity contribution in [2.75, 3.05) is 13.2 Å². The molecular weight excluding hydrogens is 238 g/mol. The van der Waals surface area contributed by atoms with Crippen LogP contribution in [0.3, 0.4) is 0 Å². The fourth-order valence-electron chi connectivity index (χ4n) is 3.58. The standard InChI is InChI=1S/C16H23NO2/c1-2-14(18-8-1)10-16(11-17-13-5-6-13)7-9-19-15(16)12-3-4-12/h1-2,8,12-13,15,17H,3-7,9-11H2. The summed E-state index contributed by atoms with van der Waals surface area (Å²) in [5.74, 6) is 1.92. The Balaban J connectivity index is 1.53. The highest BCUT2D eigenvalue weighted by molar-refractivity contribution is 5.09. The van der Waals surface area contributed by atoms with Crippen molar-refractivity contribution in [2.45, 2.75) is 50.7 Å². The van der Waals surface area contributed by atoms with Crippen LogP contribution in [0.25, 0.3) is 0 Å². The van der Waals surface area contributed by atoms with E-state index in [4.69, 9.17) is 9.15 Å². The normalized spacial score (nSPS) is 34.8. The first-order valence-electron chi connectivity index (χ1n) is 7.73. The summed E-state index contributed by atoms with van der Waals surface area (Å²) in [5, 5.41) is 3.74. The minimum Gasteiger partial charge on any atom is -0.469 e. The van der Waals surface area contributed by atoms with Crippen molar-refractivity contribution in [3.8, 4) is 0 Å². The van der Waals surface area contributed by atoms with Gasteiger partial charge < -0.3 is 14.5 Å². The third-order valence-corrected chi connectivity index (χ3v) is 4.98. The van der Waals surface area contributed by atoms with E-state index < -0.39 is 0 Å². The van der Waals surface area contributed by atoms with Crippen LogP contribution in [0.4, 0.5) is 0 Å². The van der Waals surface area contributed by atoms with E-state index in [1.165, 1.54) is 32.1 Å². The zero-order valence-electron chi connectivity index (χ0n) is 11.4. The molecule has 2 heterocycles. The van der Waals surface area contributed by atoms with Crippen molar-refractivity contribution in [2.24, 2.45) is 11.3 Å². The first-order chi connectivity index (χ1) is 9.36. The van der Waals surface area contributed by atoms with Crippen molar-refractivity contribution in [1.29, 1.82) is 0 Å². The number of furan rings is 1. The third-order valence-electron chi connectivity index (χ3n) is 4.98. The Morgan fingerprint density at radius 2 is 2.16 bits per heavy atom. The summed E-state index contributed by atoms with van der Waals surface area (Å²) in [5.41, 5.74) is 0.265. The van der Waals surface area contributed by atoms with Crippen molar-refractivity contribution >= 4 is 0 Å². The van der Waals surface area contributed by atoms with Gasteiger partial charge in [-0.2, -0.15) is 0 Å². The Kier molecular flexibility index (Phi) is 2.92. The predicted molar refractivity (Wildman–Crippen MR) is 73.0 cm³/mol. The Morgan fingerprint density at radius 3 is 2.84 bits per heavy atom. The average molecular weight is 261 g/mol. The van der Waals surface area contributed by atoms with Crippen LogP contribution in [0.15, 0.2) is 22.8 Å². The Labute approximate surface area is 114 Å². The van der Waals surface area contributed by atoms with Gasteiger partial charge in [-0.15, -0.1) is 0 Å². The van der Waals surface area contributed by atoms with E-state index in [1.54, 1.807) is 6.26 Å². The van der Waals surface area contributed by atoms with Gasteiger partial charge >= 0.3 is 0 Å². The summed E-state index contributed by atoms with van der Waals surface area (Å²) in [7, 11) is 0. The van der Waals surface area contributed by atoms with Gasteiger partial charge in [0.1, 0.15) is 5.76 Å². The zero-order chi connectivity index (χ0) is 12.7. The second-order valence-electron chi connectivity index (χ2n) is 6.65. The molecule has 2 unspecified atom stereocenters. The van der Waals surface area contributed by atoms with Crippen LogP contribution in [-0.2, 0) is 11.2 Å². The summed E-state index contributed by atoms with van der Waals surface area (Å²) < 4.78 is 11.7. The minimum atomic E-state index is 0.265. The molecule has 3 aliphatic rings. The highest BCUT2D eigenvalue weighted by Crippen LogP contribution is 2.49. The van der Waals surface area contributed by atoms with Crippen LogP contribution >= 0.6 is 0 Å². The minimum absolute atomic E-state index is 0.265. The van der Waals surface area contributed by atoms with Gasteiger partial charge in [0.15, 0.2) is 0 Å². The first-order valence-corrected chi connectivity index (χ1v) is 7.73. The molecule has 2 atom stereocenters. The lowest BCUT2D eigenvalue weighted by Crippen LogP contribution is -2.44. The maximum atomic E-state index is 6.11. The third kappa shape index (κ3) is 2.46. The molecule has 0 bridgehead atoms. The molecule has 3 nitrogen and oxygen atoms in total. The molecule has 19 heavy (non-hydrogen) atoms. The van der Waals surface area contributed by atoms with Gasteiger partial charge in [-0.3, -0.25) is 0 Å². The number of ether oxygens (including phenoxy) is 1. The second-order valence-corrected chi connectivity index (χ2v) is 6.65. The Bertz CT molecular complexity index is 422. The fourth-order valence-corrected chi connectivity index (χ4v) is 3.58. The lowest BCUT2D eigenvalue weighted by Gasteiger charge is -2.34. The molecule has 1 N–H and O–H groups in total. The van der Waals surface area contributed by atoms with Gasteiger partial charge in [0, 0.05) is 31.0 Å². The Hall–Kier alpha value is -0.800. The largest absolute Gasteiger partial charge is 0.469 e. The van der Waals surface area contributed by atoms with Crippen molar-refractivity contribution in [3.05, 3.63) is 24.2 Å². The lowest BCUT2D eigenvalue weighted by molar-refractivity contribution is 0.0282. The van der Waals surface area contributed by atoms with Crippen LogP contribution in [-0.4, -0.2) is 25.3 Å². The van der Waals surface area contributed by atoms with E-state index in [0.717, 1.165) is 37.3 Å². The summed E-state index contributed by atoms with van der Waals surface area (Å²) in [6.07, 6.45) is 9.86. The van der Waals surface area contributed by atoms with E-state index in [2.05, 4.69) is 11.4 Å². The average Bonchev–Trinajstić information content (AvgIpc) is 3.34. The van der Waals surface area contributed by atoms with Crippen LogP contribution < -0.4 is 5.32 Å². The van der Waals surface area contributed by atoms with Gasteiger partial charge in [-0.25, -0.2) is 0 Å². The molecule has 3 fully saturated rings.